The molecule has 338 valence electrons. The second-order valence-electron chi connectivity index (χ2n) is 19.8. The SMILES string of the molecule is CCCCCCCCC1(CCCCCCCC)Oc2cc(C)ccc2-c2ccc(-c3ccc4c(c3)C(CCCCCCCC)(CCCCCCCC)c3cc(C)ccc3-4)cc2O1. The van der Waals surface area contributed by atoms with Gasteiger partial charge in [-0.05, 0) is 103 Å². The lowest BCUT2D eigenvalue weighted by Crippen LogP contribution is -2.42. The van der Waals surface area contributed by atoms with E-state index >= 15 is 0 Å². The summed E-state index contributed by atoms with van der Waals surface area (Å²) in [6, 6.07) is 28.7. The van der Waals surface area contributed by atoms with Gasteiger partial charge in [-0.15, -0.1) is 0 Å². The number of hydrogen-bond donors (Lipinski definition) is 0. The summed E-state index contributed by atoms with van der Waals surface area (Å²) in [5.41, 5.74) is 13.6. The molecule has 0 aromatic heterocycles. The summed E-state index contributed by atoms with van der Waals surface area (Å²) < 4.78 is 14.7. The Morgan fingerprint density at radius 3 is 1.19 bits per heavy atom. The van der Waals surface area contributed by atoms with E-state index < -0.39 is 5.79 Å². The number of hydrogen-bond acceptors (Lipinski definition) is 2. The molecule has 1 heterocycles. The van der Waals surface area contributed by atoms with Crippen molar-refractivity contribution in [2.24, 2.45) is 0 Å². The number of ether oxygens (including phenoxy) is 2. The number of aryl methyl sites for hydroxylation is 2. The molecule has 1 aliphatic heterocycles. The van der Waals surface area contributed by atoms with Crippen LogP contribution in [0.2, 0.25) is 0 Å². The van der Waals surface area contributed by atoms with Gasteiger partial charge < -0.3 is 9.47 Å². The van der Waals surface area contributed by atoms with Crippen LogP contribution in [0, 0.1) is 13.8 Å². The molecule has 0 unspecified atom stereocenters. The standard InChI is InChI=1S/C60H86O2/c1-7-11-15-19-23-27-39-59(40-28-24-20-16-12-8-2)55-43-47(5)31-35-51(55)52-37-33-49(45-56(52)59)50-34-38-54-53-36-32-48(6)44-57(53)61-60(62-58(54)46-50,41-29-25-21-17-13-9-3)42-30-26-22-18-14-10-4/h31-38,43-46H,7-30,39-42H2,1-6H3. The van der Waals surface area contributed by atoms with Crippen molar-refractivity contribution in [1.82, 2.24) is 0 Å². The molecule has 0 amide bonds. The van der Waals surface area contributed by atoms with Gasteiger partial charge in [0.05, 0.1) is 0 Å². The summed E-state index contributed by atoms with van der Waals surface area (Å²) in [7, 11) is 0. The Labute approximate surface area is 380 Å². The van der Waals surface area contributed by atoms with Crippen molar-refractivity contribution < 1.29 is 9.47 Å². The van der Waals surface area contributed by atoms with E-state index in [4.69, 9.17) is 9.47 Å². The van der Waals surface area contributed by atoms with Gasteiger partial charge in [-0.2, -0.15) is 0 Å². The summed E-state index contributed by atoms with van der Waals surface area (Å²) >= 11 is 0. The fourth-order valence-electron chi connectivity index (χ4n) is 10.9. The first kappa shape index (κ1) is 47.9. The molecule has 0 saturated carbocycles. The van der Waals surface area contributed by atoms with Crippen molar-refractivity contribution in [3.05, 3.63) is 95.1 Å². The predicted molar refractivity (Wildman–Crippen MR) is 269 cm³/mol. The summed E-state index contributed by atoms with van der Waals surface area (Å²) in [5.74, 6) is 1.28. The zero-order valence-corrected chi connectivity index (χ0v) is 40.5. The first-order valence-electron chi connectivity index (χ1n) is 26.3. The molecule has 0 spiro atoms. The van der Waals surface area contributed by atoms with E-state index in [0.717, 1.165) is 48.3 Å². The molecule has 2 aliphatic rings. The van der Waals surface area contributed by atoms with Crippen molar-refractivity contribution >= 4 is 0 Å². The smallest absolute Gasteiger partial charge is 0.251 e. The Hall–Kier alpha value is -3.52. The van der Waals surface area contributed by atoms with Crippen LogP contribution in [0.3, 0.4) is 0 Å². The van der Waals surface area contributed by atoms with Gasteiger partial charge in [-0.3, -0.25) is 0 Å². The van der Waals surface area contributed by atoms with Crippen molar-refractivity contribution in [3.63, 3.8) is 0 Å². The average molecular weight is 839 g/mol. The van der Waals surface area contributed by atoms with E-state index in [0.29, 0.717) is 0 Å². The molecule has 4 aromatic rings. The van der Waals surface area contributed by atoms with Gasteiger partial charge in [0.1, 0.15) is 11.5 Å². The van der Waals surface area contributed by atoms with Crippen LogP contribution in [0.5, 0.6) is 11.5 Å². The molecule has 4 aromatic carbocycles. The summed E-state index contributed by atoms with van der Waals surface area (Å²) in [5, 5.41) is 0. The van der Waals surface area contributed by atoms with E-state index in [2.05, 4.69) is 114 Å². The normalized spacial score (nSPS) is 14.4. The van der Waals surface area contributed by atoms with Crippen molar-refractivity contribution in [2.75, 3.05) is 0 Å². The maximum Gasteiger partial charge on any atom is 0.251 e. The minimum absolute atomic E-state index is 0.0540. The first-order valence-corrected chi connectivity index (χ1v) is 26.3. The number of rotatable bonds is 29. The van der Waals surface area contributed by atoms with Crippen LogP contribution < -0.4 is 9.47 Å². The molecule has 2 heteroatoms. The van der Waals surface area contributed by atoms with Crippen molar-refractivity contribution in [3.8, 4) is 44.9 Å². The van der Waals surface area contributed by atoms with Gasteiger partial charge in [-0.1, -0.05) is 223 Å². The number of unbranched alkanes of at least 4 members (excludes halogenated alkanes) is 20. The van der Waals surface area contributed by atoms with Crippen LogP contribution in [-0.4, -0.2) is 5.79 Å². The highest BCUT2D eigenvalue weighted by Crippen LogP contribution is 2.56. The van der Waals surface area contributed by atoms with Crippen LogP contribution in [0.25, 0.3) is 33.4 Å². The average Bonchev–Trinajstić information content (AvgIpc) is 3.44. The van der Waals surface area contributed by atoms with Gasteiger partial charge in [0.2, 0.25) is 0 Å². The molecule has 6 rings (SSSR count). The molecule has 2 nitrogen and oxygen atoms in total. The molecule has 0 N–H and O–H groups in total. The first-order chi connectivity index (χ1) is 30.4. The Bertz CT molecular complexity index is 1920. The van der Waals surface area contributed by atoms with Crippen LogP contribution in [-0.2, 0) is 5.41 Å². The lowest BCUT2D eigenvalue weighted by Gasteiger charge is -2.34. The largest absolute Gasteiger partial charge is 0.452 e. The topological polar surface area (TPSA) is 18.5 Å². The van der Waals surface area contributed by atoms with Gasteiger partial charge in [0.25, 0.3) is 5.79 Å². The van der Waals surface area contributed by atoms with Crippen LogP contribution >= 0.6 is 0 Å². The maximum atomic E-state index is 7.45. The highest BCUT2D eigenvalue weighted by molar-refractivity contribution is 5.86. The van der Waals surface area contributed by atoms with Crippen LogP contribution in [0.15, 0.2) is 72.8 Å². The van der Waals surface area contributed by atoms with E-state index in [-0.39, 0.29) is 5.41 Å². The van der Waals surface area contributed by atoms with Crippen molar-refractivity contribution in [2.45, 2.75) is 233 Å². The zero-order valence-electron chi connectivity index (χ0n) is 40.5. The summed E-state index contributed by atoms with van der Waals surface area (Å²) in [4.78, 5) is 0. The van der Waals surface area contributed by atoms with E-state index in [1.165, 1.54) is 187 Å². The Morgan fingerprint density at radius 1 is 0.339 bits per heavy atom. The molecular weight excluding hydrogens is 753 g/mol. The van der Waals surface area contributed by atoms with Gasteiger partial charge in [0, 0.05) is 29.4 Å². The summed E-state index contributed by atoms with van der Waals surface area (Å²) in [6.45, 7) is 13.8. The second kappa shape index (κ2) is 24.5. The Morgan fingerprint density at radius 2 is 0.694 bits per heavy atom. The van der Waals surface area contributed by atoms with E-state index in [1.807, 2.05) is 0 Å². The van der Waals surface area contributed by atoms with Gasteiger partial charge >= 0.3 is 0 Å². The monoisotopic (exact) mass is 839 g/mol. The fourth-order valence-corrected chi connectivity index (χ4v) is 10.9. The second-order valence-corrected chi connectivity index (χ2v) is 19.8. The Balaban J connectivity index is 1.37. The Kier molecular flexibility index (Phi) is 19.0. The molecule has 0 radical (unpaired) electrons. The van der Waals surface area contributed by atoms with Gasteiger partial charge in [-0.25, -0.2) is 0 Å². The molecule has 62 heavy (non-hydrogen) atoms. The maximum absolute atomic E-state index is 7.45. The third kappa shape index (κ3) is 12.4. The van der Waals surface area contributed by atoms with E-state index in [9.17, 15) is 0 Å². The third-order valence-electron chi connectivity index (χ3n) is 14.6. The quantitative estimate of drug-likeness (QED) is 0.0507. The molecule has 0 saturated heterocycles. The number of fused-ring (bicyclic) bond motifs is 6. The molecule has 0 bridgehead atoms. The van der Waals surface area contributed by atoms with Crippen LogP contribution in [0.4, 0.5) is 0 Å². The van der Waals surface area contributed by atoms with Gasteiger partial charge in [0.15, 0.2) is 0 Å². The molecule has 0 fully saturated rings. The predicted octanol–water partition coefficient (Wildman–Crippen LogP) is 19.4. The third-order valence-corrected chi connectivity index (χ3v) is 14.6. The van der Waals surface area contributed by atoms with Crippen molar-refractivity contribution in [1.29, 1.82) is 0 Å². The highest BCUT2D eigenvalue weighted by Gasteiger charge is 2.43. The van der Waals surface area contributed by atoms with E-state index in [1.54, 1.807) is 11.1 Å². The fraction of sp³-hybridized carbons (Fsp3) is 0.600. The summed E-state index contributed by atoms with van der Waals surface area (Å²) in [6.07, 6.45) is 35.5. The molecular formula is C60H86O2. The minimum atomic E-state index is -0.678. The highest BCUT2D eigenvalue weighted by atomic mass is 16.7. The lowest BCUT2D eigenvalue weighted by atomic mass is 9.70. The lowest BCUT2D eigenvalue weighted by molar-refractivity contribution is -0.125. The van der Waals surface area contributed by atoms with Crippen LogP contribution in [0.1, 0.15) is 230 Å². The number of benzene rings is 4. The minimum Gasteiger partial charge on any atom is -0.452 e. The molecule has 0 atom stereocenters. The molecule has 1 aliphatic carbocycles. The zero-order chi connectivity index (χ0) is 43.6.